The molecule has 0 radical (unpaired) electrons. The molecular formula is C11H20N2O2. The Hall–Kier alpha value is -0.630. The van der Waals surface area contributed by atoms with Gasteiger partial charge in [0.1, 0.15) is 0 Å². The molecule has 4 nitrogen and oxygen atoms in total. The van der Waals surface area contributed by atoms with E-state index in [9.17, 15) is 0 Å². The SMILES string of the molecule is COCC(CNC1CCCC1C#N)OC. The number of nitrogens with one attached hydrogen (secondary N) is 1. The number of hydrogen-bond donors (Lipinski definition) is 1. The summed E-state index contributed by atoms with van der Waals surface area (Å²) in [5, 5.41) is 12.3. The minimum atomic E-state index is 0.0787. The number of methoxy groups -OCH3 is 2. The zero-order valence-electron chi connectivity index (χ0n) is 9.53. The quantitative estimate of drug-likeness (QED) is 0.711. The second kappa shape index (κ2) is 6.78. The van der Waals surface area contributed by atoms with E-state index < -0.39 is 0 Å². The minimum Gasteiger partial charge on any atom is -0.382 e. The molecule has 0 heterocycles. The van der Waals surface area contributed by atoms with Crippen molar-refractivity contribution in [3.63, 3.8) is 0 Å². The summed E-state index contributed by atoms with van der Waals surface area (Å²) in [4.78, 5) is 0. The fourth-order valence-electron chi connectivity index (χ4n) is 2.04. The van der Waals surface area contributed by atoms with Gasteiger partial charge in [-0.2, -0.15) is 5.26 Å². The first-order valence-corrected chi connectivity index (χ1v) is 5.46. The van der Waals surface area contributed by atoms with Gasteiger partial charge in [0, 0.05) is 26.8 Å². The first-order valence-electron chi connectivity index (χ1n) is 5.46. The van der Waals surface area contributed by atoms with Gasteiger partial charge in [0.15, 0.2) is 0 Å². The van der Waals surface area contributed by atoms with E-state index in [-0.39, 0.29) is 12.0 Å². The van der Waals surface area contributed by atoms with Crippen LogP contribution in [-0.4, -0.2) is 39.5 Å². The molecule has 0 aromatic rings. The molecule has 15 heavy (non-hydrogen) atoms. The summed E-state index contributed by atoms with van der Waals surface area (Å²) < 4.78 is 10.3. The Kier molecular flexibility index (Phi) is 5.62. The topological polar surface area (TPSA) is 54.3 Å². The highest BCUT2D eigenvalue weighted by atomic mass is 16.5. The van der Waals surface area contributed by atoms with Crippen LogP contribution in [0.25, 0.3) is 0 Å². The van der Waals surface area contributed by atoms with Gasteiger partial charge in [0.25, 0.3) is 0 Å². The van der Waals surface area contributed by atoms with Crippen LogP contribution in [0.1, 0.15) is 19.3 Å². The smallest absolute Gasteiger partial charge is 0.0928 e. The van der Waals surface area contributed by atoms with Crippen molar-refractivity contribution < 1.29 is 9.47 Å². The van der Waals surface area contributed by atoms with E-state index >= 15 is 0 Å². The number of ether oxygens (including phenoxy) is 2. The van der Waals surface area contributed by atoms with E-state index in [2.05, 4.69) is 11.4 Å². The van der Waals surface area contributed by atoms with E-state index in [1.165, 1.54) is 0 Å². The fourth-order valence-corrected chi connectivity index (χ4v) is 2.04. The Morgan fingerprint density at radius 2 is 2.27 bits per heavy atom. The Morgan fingerprint density at radius 3 is 2.87 bits per heavy atom. The van der Waals surface area contributed by atoms with Crippen molar-refractivity contribution in [3.05, 3.63) is 0 Å². The van der Waals surface area contributed by atoms with Gasteiger partial charge in [-0.15, -0.1) is 0 Å². The van der Waals surface area contributed by atoms with E-state index in [0.29, 0.717) is 12.6 Å². The average molecular weight is 212 g/mol. The first kappa shape index (κ1) is 12.4. The molecule has 3 unspecified atom stereocenters. The standard InChI is InChI=1S/C11H20N2O2/c1-14-8-10(15-2)7-13-11-5-3-4-9(11)6-12/h9-11,13H,3-5,7-8H2,1-2H3. The third-order valence-corrected chi connectivity index (χ3v) is 2.98. The highest BCUT2D eigenvalue weighted by molar-refractivity contribution is 4.96. The predicted octanol–water partition coefficient (Wildman–Crippen LogP) is 0.930. The zero-order chi connectivity index (χ0) is 11.1. The number of nitrogens with zero attached hydrogens (tertiary/aromatic N) is 1. The molecule has 1 N–H and O–H groups in total. The molecule has 0 aliphatic heterocycles. The van der Waals surface area contributed by atoms with Gasteiger partial charge in [0.2, 0.25) is 0 Å². The van der Waals surface area contributed by atoms with Crippen molar-refractivity contribution in [1.82, 2.24) is 5.32 Å². The van der Waals surface area contributed by atoms with Crippen LogP contribution in [-0.2, 0) is 9.47 Å². The van der Waals surface area contributed by atoms with Gasteiger partial charge in [0.05, 0.1) is 24.7 Å². The summed E-state index contributed by atoms with van der Waals surface area (Å²) in [5.74, 6) is 0.171. The Bertz CT molecular complexity index is 215. The third kappa shape index (κ3) is 3.78. The van der Waals surface area contributed by atoms with Crippen LogP contribution in [0.15, 0.2) is 0 Å². The molecule has 4 heteroatoms. The molecule has 0 aromatic heterocycles. The van der Waals surface area contributed by atoms with E-state index in [1.807, 2.05) is 0 Å². The lowest BCUT2D eigenvalue weighted by Crippen LogP contribution is -2.39. The highest BCUT2D eigenvalue weighted by Crippen LogP contribution is 2.24. The molecule has 0 amide bonds. The molecule has 0 bridgehead atoms. The van der Waals surface area contributed by atoms with Crippen LogP contribution >= 0.6 is 0 Å². The van der Waals surface area contributed by atoms with Crippen molar-refractivity contribution in [3.8, 4) is 6.07 Å². The summed E-state index contributed by atoms with van der Waals surface area (Å²) in [5.41, 5.74) is 0. The Labute approximate surface area is 91.6 Å². The maximum absolute atomic E-state index is 8.92. The largest absolute Gasteiger partial charge is 0.382 e. The van der Waals surface area contributed by atoms with Gasteiger partial charge in [-0.25, -0.2) is 0 Å². The number of rotatable bonds is 6. The molecule has 3 atom stereocenters. The fraction of sp³-hybridized carbons (Fsp3) is 0.909. The second-order valence-corrected chi connectivity index (χ2v) is 3.99. The van der Waals surface area contributed by atoms with Crippen molar-refractivity contribution in [1.29, 1.82) is 5.26 Å². The highest BCUT2D eigenvalue weighted by Gasteiger charge is 2.27. The molecule has 1 rings (SSSR count). The summed E-state index contributed by atoms with van der Waals surface area (Å²) >= 11 is 0. The van der Waals surface area contributed by atoms with Crippen LogP contribution in [0.2, 0.25) is 0 Å². The molecule has 86 valence electrons. The Balaban J connectivity index is 2.26. The third-order valence-electron chi connectivity index (χ3n) is 2.98. The first-order chi connectivity index (χ1) is 7.31. The molecular weight excluding hydrogens is 192 g/mol. The molecule has 1 aliphatic carbocycles. The maximum atomic E-state index is 8.92. The number of nitriles is 1. The minimum absolute atomic E-state index is 0.0787. The second-order valence-electron chi connectivity index (χ2n) is 3.99. The van der Waals surface area contributed by atoms with Crippen molar-refractivity contribution in [2.75, 3.05) is 27.4 Å². The lowest BCUT2D eigenvalue weighted by atomic mass is 10.1. The van der Waals surface area contributed by atoms with E-state index in [4.69, 9.17) is 14.7 Å². The molecule has 1 aliphatic rings. The van der Waals surface area contributed by atoms with E-state index in [1.54, 1.807) is 14.2 Å². The predicted molar refractivity (Wildman–Crippen MR) is 57.4 cm³/mol. The molecule has 0 saturated heterocycles. The Morgan fingerprint density at radius 1 is 1.47 bits per heavy atom. The van der Waals surface area contributed by atoms with Gasteiger partial charge >= 0.3 is 0 Å². The summed E-state index contributed by atoms with van der Waals surface area (Å²) in [7, 11) is 3.35. The lowest BCUT2D eigenvalue weighted by Gasteiger charge is -2.20. The van der Waals surface area contributed by atoms with Crippen LogP contribution in [0, 0.1) is 17.2 Å². The maximum Gasteiger partial charge on any atom is 0.0928 e. The summed E-state index contributed by atoms with van der Waals surface area (Å²) in [6, 6.07) is 2.69. The monoisotopic (exact) mass is 212 g/mol. The molecule has 1 saturated carbocycles. The van der Waals surface area contributed by atoms with Gasteiger partial charge in [-0.1, -0.05) is 6.42 Å². The van der Waals surface area contributed by atoms with E-state index in [0.717, 1.165) is 25.8 Å². The van der Waals surface area contributed by atoms with Crippen LogP contribution in [0.5, 0.6) is 0 Å². The van der Waals surface area contributed by atoms with Crippen LogP contribution in [0.3, 0.4) is 0 Å². The van der Waals surface area contributed by atoms with Gasteiger partial charge in [-0.3, -0.25) is 0 Å². The summed E-state index contributed by atoms with van der Waals surface area (Å²) in [6.45, 7) is 1.35. The van der Waals surface area contributed by atoms with Crippen LogP contribution < -0.4 is 5.32 Å². The van der Waals surface area contributed by atoms with Gasteiger partial charge in [-0.05, 0) is 12.8 Å². The normalized spacial score (nSPS) is 27.5. The zero-order valence-corrected chi connectivity index (χ0v) is 9.53. The summed E-state index contributed by atoms with van der Waals surface area (Å²) in [6.07, 6.45) is 3.35. The van der Waals surface area contributed by atoms with Crippen LogP contribution in [0.4, 0.5) is 0 Å². The van der Waals surface area contributed by atoms with Crippen molar-refractivity contribution in [2.24, 2.45) is 5.92 Å². The molecule has 0 spiro atoms. The number of hydrogen-bond acceptors (Lipinski definition) is 4. The van der Waals surface area contributed by atoms with Crippen molar-refractivity contribution >= 4 is 0 Å². The average Bonchev–Trinajstić information content (AvgIpc) is 2.71. The molecule has 1 fully saturated rings. The molecule has 0 aromatic carbocycles. The van der Waals surface area contributed by atoms with Gasteiger partial charge < -0.3 is 14.8 Å². The lowest BCUT2D eigenvalue weighted by molar-refractivity contribution is 0.0270. The van der Waals surface area contributed by atoms with Crippen molar-refractivity contribution in [2.45, 2.75) is 31.4 Å².